The highest BCUT2D eigenvalue weighted by Crippen LogP contribution is 2.29. The molecule has 2 aromatic heterocycles. The van der Waals surface area contributed by atoms with Crippen molar-refractivity contribution in [2.24, 2.45) is 0 Å². The van der Waals surface area contributed by atoms with Crippen LogP contribution in [0.4, 0.5) is 13.2 Å². The fraction of sp³-hybridized carbons (Fsp3) is 0.222. The molecule has 0 aliphatic heterocycles. The van der Waals surface area contributed by atoms with Crippen molar-refractivity contribution in [1.82, 2.24) is 14.6 Å². The first-order valence-electron chi connectivity index (χ1n) is 4.47. The number of carboxylic acid groups (broad SMARTS) is 1. The van der Waals surface area contributed by atoms with E-state index in [1.165, 1.54) is 6.92 Å². The Morgan fingerprint density at radius 1 is 1.47 bits per heavy atom. The number of aromatic nitrogens is 3. The number of aromatic carboxylic acids is 1. The summed E-state index contributed by atoms with van der Waals surface area (Å²) in [4.78, 5) is 14.5. The van der Waals surface area contributed by atoms with Gasteiger partial charge in [0.15, 0.2) is 11.3 Å². The number of hydrogen-bond donors (Lipinski definition) is 1. The third kappa shape index (κ3) is 1.71. The molecule has 0 amide bonds. The van der Waals surface area contributed by atoms with Crippen molar-refractivity contribution in [1.29, 1.82) is 0 Å². The molecule has 1 N–H and O–H groups in total. The van der Waals surface area contributed by atoms with Crippen molar-refractivity contribution in [3.05, 3.63) is 29.2 Å². The Morgan fingerprint density at radius 2 is 2.12 bits per heavy atom. The first-order chi connectivity index (χ1) is 7.82. The van der Waals surface area contributed by atoms with Gasteiger partial charge in [0.25, 0.3) is 0 Å². The highest BCUT2D eigenvalue weighted by atomic mass is 19.4. The summed E-state index contributed by atoms with van der Waals surface area (Å²) in [7, 11) is 0. The number of fused-ring (bicyclic) bond motifs is 1. The van der Waals surface area contributed by atoms with Gasteiger partial charge in [-0.05, 0) is 13.0 Å². The molecule has 90 valence electrons. The first kappa shape index (κ1) is 11.4. The number of nitrogens with zero attached hydrogens (tertiary/aromatic N) is 3. The van der Waals surface area contributed by atoms with E-state index in [9.17, 15) is 18.0 Å². The molecular weight excluding hydrogens is 239 g/mol. The van der Waals surface area contributed by atoms with Crippen molar-refractivity contribution < 1.29 is 23.1 Å². The molecule has 0 unspecified atom stereocenters. The van der Waals surface area contributed by atoms with Crippen LogP contribution in [0, 0.1) is 6.92 Å². The number of aryl methyl sites for hydroxylation is 1. The Kier molecular flexibility index (Phi) is 2.30. The van der Waals surface area contributed by atoms with Crippen molar-refractivity contribution in [2.75, 3.05) is 0 Å². The average Bonchev–Trinajstić information content (AvgIpc) is 2.55. The van der Waals surface area contributed by atoms with Crippen LogP contribution in [-0.4, -0.2) is 25.7 Å². The number of rotatable bonds is 1. The Labute approximate surface area is 92.5 Å². The molecule has 2 aromatic rings. The third-order valence-corrected chi connectivity index (χ3v) is 2.24. The summed E-state index contributed by atoms with van der Waals surface area (Å²) in [5.74, 6) is -1.39. The van der Waals surface area contributed by atoms with Crippen molar-refractivity contribution >= 4 is 11.6 Å². The summed E-state index contributed by atoms with van der Waals surface area (Å²) in [5.41, 5.74) is -1.51. The largest absolute Gasteiger partial charge is 0.476 e. The van der Waals surface area contributed by atoms with E-state index in [1.54, 1.807) is 0 Å². The zero-order chi connectivity index (χ0) is 12.8. The minimum absolute atomic E-state index is 0.101. The number of halogens is 3. The molecule has 0 spiro atoms. The van der Waals surface area contributed by atoms with Gasteiger partial charge in [0.05, 0.1) is 0 Å². The summed E-state index contributed by atoms with van der Waals surface area (Å²) in [6, 6.07) is 0.741. The van der Waals surface area contributed by atoms with E-state index in [0.29, 0.717) is 4.52 Å². The summed E-state index contributed by atoms with van der Waals surface area (Å²) < 4.78 is 38.4. The number of carbonyl (C=O) groups is 1. The van der Waals surface area contributed by atoms with Gasteiger partial charge in [0, 0.05) is 11.8 Å². The van der Waals surface area contributed by atoms with Crippen LogP contribution < -0.4 is 0 Å². The molecule has 17 heavy (non-hydrogen) atoms. The lowest BCUT2D eigenvalue weighted by Gasteiger charge is -2.07. The molecule has 2 rings (SSSR count). The van der Waals surface area contributed by atoms with E-state index < -0.39 is 23.5 Å². The van der Waals surface area contributed by atoms with E-state index in [1.807, 2.05) is 0 Å². The van der Waals surface area contributed by atoms with Gasteiger partial charge in [-0.2, -0.15) is 18.3 Å². The number of hydrogen-bond acceptors (Lipinski definition) is 3. The molecule has 0 saturated heterocycles. The van der Waals surface area contributed by atoms with E-state index in [4.69, 9.17) is 5.11 Å². The van der Waals surface area contributed by atoms with Gasteiger partial charge in [-0.25, -0.2) is 14.3 Å². The minimum Gasteiger partial charge on any atom is -0.476 e. The lowest BCUT2D eigenvalue weighted by Crippen LogP contribution is -2.13. The van der Waals surface area contributed by atoms with Crippen LogP contribution in [0.3, 0.4) is 0 Å². The Hall–Kier alpha value is -2.12. The second-order valence-corrected chi connectivity index (χ2v) is 3.34. The van der Waals surface area contributed by atoms with Gasteiger partial charge >= 0.3 is 12.1 Å². The van der Waals surface area contributed by atoms with Gasteiger partial charge in [-0.15, -0.1) is 0 Å². The van der Waals surface area contributed by atoms with Crippen LogP contribution in [0.5, 0.6) is 0 Å². The maximum absolute atomic E-state index is 12.6. The number of carboxylic acids is 1. The van der Waals surface area contributed by atoms with E-state index in [-0.39, 0.29) is 11.2 Å². The molecule has 0 bridgehead atoms. The van der Waals surface area contributed by atoms with Gasteiger partial charge < -0.3 is 5.11 Å². The highest BCUT2D eigenvalue weighted by molar-refractivity contribution is 5.89. The zero-order valence-corrected chi connectivity index (χ0v) is 8.49. The fourth-order valence-electron chi connectivity index (χ4n) is 1.47. The van der Waals surface area contributed by atoms with Crippen LogP contribution in [0.2, 0.25) is 0 Å². The molecular formula is C9H6F3N3O2. The van der Waals surface area contributed by atoms with Crippen molar-refractivity contribution in [3.8, 4) is 0 Å². The van der Waals surface area contributed by atoms with E-state index >= 15 is 0 Å². The van der Waals surface area contributed by atoms with Gasteiger partial charge in [0.2, 0.25) is 0 Å². The van der Waals surface area contributed by atoms with Crippen LogP contribution in [0.1, 0.15) is 21.7 Å². The Bertz CT molecular complexity index is 603. The first-order valence-corrected chi connectivity index (χ1v) is 4.47. The number of alkyl halides is 3. The summed E-state index contributed by atoms with van der Waals surface area (Å²) >= 11 is 0. The SMILES string of the molecule is Cc1c(C(=O)O)nn2c(C(F)(F)F)ccnc12. The molecule has 0 aromatic carbocycles. The standard InChI is InChI=1S/C9H6F3N3O2/c1-4-6(8(16)17)14-15-5(9(10,11)12)2-3-13-7(4)15/h2-3H,1H3,(H,16,17). The lowest BCUT2D eigenvalue weighted by atomic mass is 10.2. The fourth-order valence-corrected chi connectivity index (χ4v) is 1.47. The molecule has 0 aliphatic rings. The Morgan fingerprint density at radius 3 is 2.65 bits per heavy atom. The topological polar surface area (TPSA) is 67.5 Å². The van der Waals surface area contributed by atoms with E-state index in [0.717, 1.165) is 12.3 Å². The summed E-state index contributed by atoms with van der Waals surface area (Å²) in [6.07, 6.45) is -3.64. The highest BCUT2D eigenvalue weighted by Gasteiger charge is 2.35. The summed E-state index contributed by atoms with van der Waals surface area (Å²) in [5, 5.41) is 12.2. The molecule has 0 fully saturated rings. The van der Waals surface area contributed by atoms with Crippen LogP contribution in [0.15, 0.2) is 12.3 Å². The zero-order valence-electron chi connectivity index (χ0n) is 8.49. The smallest absolute Gasteiger partial charge is 0.433 e. The molecule has 2 heterocycles. The van der Waals surface area contributed by atoms with Crippen LogP contribution in [0.25, 0.3) is 5.65 Å². The predicted molar refractivity (Wildman–Crippen MR) is 49.7 cm³/mol. The van der Waals surface area contributed by atoms with Crippen LogP contribution >= 0.6 is 0 Å². The summed E-state index contributed by atoms with van der Waals surface area (Å²) in [6.45, 7) is 1.36. The third-order valence-electron chi connectivity index (χ3n) is 2.24. The Balaban J connectivity index is 2.83. The average molecular weight is 245 g/mol. The second-order valence-electron chi connectivity index (χ2n) is 3.34. The van der Waals surface area contributed by atoms with Gasteiger partial charge in [-0.3, -0.25) is 0 Å². The maximum atomic E-state index is 12.6. The van der Waals surface area contributed by atoms with Gasteiger partial charge in [0.1, 0.15) is 5.69 Å². The maximum Gasteiger partial charge on any atom is 0.433 e. The molecule has 0 aliphatic carbocycles. The van der Waals surface area contributed by atoms with Crippen molar-refractivity contribution in [2.45, 2.75) is 13.1 Å². The molecule has 5 nitrogen and oxygen atoms in total. The van der Waals surface area contributed by atoms with Crippen LogP contribution in [-0.2, 0) is 6.18 Å². The minimum atomic E-state index is -4.62. The quantitative estimate of drug-likeness (QED) is 0.831. The molecule has 0 radical (unpaired) electrons. The molecule has 8 heteroatoms. The van der Waals surface area contributed by atoms with E-state index in [2.05, 4.69) is 10.1 Å². The molecule has 0 saturated carbocycles. The van der Waals surface area contributed by atoms with Crippen molar-refractivity contribution in [3.63, 3.8) is 0 Å². The monoisotopic (exact) mass is 245 g/mol. The predicted octanol–water partition coefficient (Wildman–Crippen LogP) is 1.75. The molecule has 0 atom stereocenters. The normalized spacial score (nSPS) is 12.0. The van der Waals surface area contributed by atoms with Gasteiger partial charge in [-0.1, -0.05) is 0 Å². The lowest BCUT2D eigenvalue weighted by molar-refractivity contribution is -0.142. The second kappa shape index (κ2) is 3.44.